The summed E-state index contributed by atoms with van der Waals surface area (Å²) in [4.78, 5) is 11.1. The van der Waals surface area contributed by atoms with E-state index in [-0.39, 0.29) is 5.41 Å². The van der Waals surface area contributed by atoms with E-state index < -0.39 is 0 Å². The van der Waals surface area contributed by atoms with Crippen LogP contribution in [0.15, 0.2) is 6.07 Å². The van der Waals surface area contributed by atoms with Gasteiger partial charge in [-0.15, -0.1) is 0 Å². The number of anilines is 2. The lowest BCUT2D eigenvalue weighted by Crippen LogP contribution is -2.30. The Morgan fingerprint density at radius 3 is 2.58 bits per heavy atom. The number of aromatic nitrogens is 2. The van der Waals surface area contributed by atoms with Gasteiger partial charge in [-0.05, 0) is 25.3 Å². The molecule has 0 aliphatic heterocycles. The number of hydrogen-bond acceptors (Lipinski definition) is 5. The highest BCUT2D eigenvalue weighted by Gasteiger charge is 2.15. The molecule has 1 aromatic heterocycles. The second-order valence-corrected chi connectivity index (χ2v) is 6.14. The van der Waals surface area contributed by atoms with Gasteiger partial charge in [-0.3, -0.25) is 0 Å². The second kappa shape index (κ2) is 6.70. The molecule has 0 radical (unpaired) electrons. The van der Waals surface area contributed by atoms with Crippen LogP contribution in [0.2, 0.25) is 0 Å². The lowest BCUT2D eigenvalue weighted by molar-refractivity contribution is 0.417. The van der Waals surface area contributed by atoms with Crippen LogP contribution in [0, 0.1) is 12.3 Å². The Morgan fingerprint density at radius 2 is 2.00 bits per heavy atom. The topological polar surface area (TPSA) is 67.1 Å². The quantitative estimate of drug-likeness (QED) is 0.770. The molecule has 1 heterocycles. The fraction of sp³-hybridized carbons (Fsp3) is 0.714. The van der Waals surface area contributed by atoms with E-state index in [1.54, 1.807) is 0 Å². The van der Waals surface area contributed by atoms with Crippen LogP contribution in [-0.2, 0) is 0 Å². The first-order valence-electron chi connectivity index (χ1n) is 6.82. The average molecular weight is 265 g/mol. The van der Waals surface area contributed by atoms with Crippen molar-refractivity contribution < 1.29 is 0 Å². The zero-order chi connectivity index (χ0) is 14.5. The Bertz CT molecular complexity index is 397. The van der Waals surface area contributed by atoms with Gasteiger partial charge in [-0.1, -0.05) is 20.8 Å². The lowest BCUT2D eigenvalue weighted by atomic mass is 9.96. The van der Waals surface area contributed by atoms with Crippen molar-refractivity contribution in [2.24, 2.45) is 11.1 Å². The van der Waals surface area contributed by atoms with Crippen LogP contribution in [-0.4, -0.2) is 36.6 Å². The van der Waals surface area contributed by atoms with Gasteiger partial charge in [0.25, 0.3) is 0 Å². The maximum Gasteiger partial charge on any atom is 0.134 e. The van der Waals surface area contributed by atoms with Gasteiger partial charge in [0.15, 0.2) is 0 Å². The molecule has 0 aliphatic rings. The van der Waals surface area contributed by atoms with Crippen molar-refractivity contribution in [1.29, 1.82) is 0 Å². The normalized spacial score (nSPS) is 11.5. The third kappa shape index (κ3) is 5.87. The summed E-state index contributed by atoms with van der Waals surface area (Å²) in [5.41, 5.74) is 5.73. The summed E-state index contributed by atoms with van der Waals surface area (Å²) in [6.07, 6.45) is 0.941. The molecule has 3 N–H and O–H groups in total. The van der Waals surface area contributed by atoms with Gasteiger partial charge in [-0.25, -0.2) is 9.97 Å². The molecular formula is C14H27N5. The minimum absolute atomic E-state index is 0.237. The lowest BCUT2D eigenvalue weighted by Gasteiger charge is -2.27. The first-order valence-corrected chi connectivity index (χ1v) is 6.82. The predicted octanol–water partition coefficient (Wildman–Crippen LogP) is 2.03. The summed E-state index contributed by atoms with van der Waals surface area (Å²) in [6.45, 7) is 11.1. The highest BCUT2D eigenvalue weighted by molar-refractivity contribution is 5.49. The van der Waals surface area contributed by atoms with Crippen molar-refractivity contribution in [3.8, 4) is 0 Å². The second-order valence-electron chi connectivity index (χ2n) is 6.14. The third-order valence-electron chi connectivity index (χ3n) is 2.61. The van der Waals surface area contributed by atoms with Gasteiger partial charge >= 0.3 is 0 Å². The Kier molecular flexibility index (Phi) is 5.54. The standard InChI is InChI=1S/C14H27N5/c1-11-17-12(16-8-6-7-15)9-13(18-11)19(5)10-14(2,3)4/h9H,6-8,10,15H2,1-5H3,(H,16,17,18). The largest absolute Gasteiger partial charge is 0.370 e. The Morgan fingerprint density at radius 1 is 1.32 bits per heavy atom. The van der Waals surface area contributed by atoms with E-state index in [9.17, 15) is 0 Å². The molecule has 0 aliphatic carbocycles. The van der Waals surface area contributed by atoms with Crippen molar-refractivity contribution in [2.45, 2.75) is 34.1 Å². The predicted molar refractivity (Wildman–Crippen MR) is 81.7 cm³/mol. The maximum absolute atomic E-state index is 5.49. The molecule has 0 spiro atoms. The molecule has 0 unspecified atom stereocenters. The van der Waals surface area contributed by atoms with Crippen molar-refractivity contribution in [1.82, 2.24) is 9.97 Å². The van der Waals surface area contributed by atoms with E-state index in [0.29, 0.717) is 6.54 Å². The van der Waals surface area contributed by atoms with Crippen molar-refractivity contribution in [2.75, 3.05) is 36.9 Å². The van der Waals surface area contributed by atoms with Crippen LogP contribution in [0.1, 0.15) is 33.0 Å². The van der Waals surface area contributed by atoms with E-state index in [2.05, 4.69) is 48.0 Å². The van der Waals surface area contributed by atoms with Crippen LogP contribution in [0.3, 0.4) is 0 Å². The van der Waals surface area contributed by atoms with E-state index in [1.165, 1.54) is 0 Å². The van der Waals surface area contributed by atoms with Crippen LogP contribution in [0.4, 0.5) is 11.6 Å². The van der Waals surface area contributed by atoms with Crippen LogP contribution in [0.5, 0.6) is 0 Å². The Labute approximate surface area is 116 Å². The van der Waals surface area contributed by atoms with Crippen molar-refractivity contribution >= 4 is 11.6 Å². The number of nitrogens with one attached hydrogen (secondary N) is 1. The first-order chi connectivity index (χ1) is 8.81. The molecule has 0 fully saturated rings. The molecule has 0 atom stereocenters. The fourth-order valence-corrected chi connectivity index (χ4v) is 1.95. The summed E-state index contributed by atoms with van der Waals surface area (Å²) < 4.78 is 0. The summed E-state index contributed by atoms with van der Waals surface area (Å²) in [7, 11) is 2.07. The Balaban J connectivity index is 2.78. The maximum atomic E-state index is 5.49. The van der Waals surface area contributed by atoms with Crippen molar-refractivity contribution in [3.05, 3.63) is 11.9 Å². The minimum Gasteiger partial charge on any atom is -0.370 e. The number of rotatable bonds is 6. The van der Waals surface area contributed by atoms with E-state index in [0.717, 1.165) is 37.0 Å². The van der Waals surface area contributed by atoms with E-state index in [4.69, 9.17) is 5.73 Å². The molecule has 1 aromatic rings. The van der Waals surface area contributed by atoms with E-state index >= 15 is 0 Å². The number of nitrogens with zero attached hydrogens (tertiary/aromatic N) is 3. The third-order valence-corrected chi connectivity index (χ3v) is 2.61. The zero-order valence-corrected chi connectivity index (χ0v) is 12.8. The molecule has 0 saturated heterocycles. The average Bonchev–Trinajstić information content (AvgIpc) is 2.26. The summed E-state index contributed by atoms with van der Waals surface area (Å²) in [5.74, 6) is 2.61. The molecule has 0 saturated carbocycles. The van der Waals surface area contributed by atoms with Gasteiger partial charge < -0.3 is 16.0 Å². The molecule has 5 nitrogen and oxygen atoms in total. The minimum atomic E-state index is 0.237. The monoisotopic (exact) mass is 265 g/mol. The molecule has 108 valence electrons. The number of nitrogens with two attached hydrogens (primary N) is 1. The SMILES string of the molecule is Cc1nc(NCCCN)cc(N(C)CC(C)(C)C)n1. The molecule has 19 heavy (non-hydrogen) atoms. The highest BCUT2D eigenvalue weighted by Crippen LogP contribution is 2.20. The highest BCUT2D eigenvalue weighted by atomic mass is 15.2. The summed E-state index contributed by atoms with van der Waals surface area (Å²) in [5, 5.41) is 3.29. The van der Waals surface area contributed by atoms with Gasteiger partial charge in [-0.2, -0.15) is 0 Å². The fourth-order valence-electron chi connectivity index (χ4n) is 1.95. The van der Waals surface area contributed by atoms with Gasteiger partial charge in [0, 0.05) is 26.2 Å². The molecule has 1 rings (SSSR count). The molecule has 0 amide bonds. The first kappa shape index (κ1) is 15.7. The van der Waals surface area contributed by atoms with Crippen molar-refractivity contribution in [3.63, 3.8) is 0 Å². The van der Waals surface area contributed by atoms with Crippen LogP contribution in [0.25, 0.3) is 0 Å². The number of aryl methyl sites for hydroxylation is 1. The molecule has 0 aromatic carbocycles. The van der Waals surface area contributed by atoms with Crippen LogP contribution < -0.4 is 16.0 Å². The van der Waals surface area contributed by atoms with Gasteiger partial charge in [0.1, 0.15) is 17.5 Å². The van der Waals surface area contributed by atoms with Gasteiger partial charge in [0.05, 0.1) is 0 Å². The smallest absolute Gasteiger partial charge is 0.134 e. The molecular weight excluding hydrogens is 238 g/mol. The molecule has 0 bridgehead atoms. The van der Waals surface area contributed by atoms with Gasteiger partial charge in [0.2, 0.25) is 0 Å². The molecule has 5 heteroatoms. The van der Waals surface area contributed by atoms with Crippen LogP contribution >= 0.6 is 0 Å². The zero-order valence-electron chi connectivity index (χ0n) is 12.8. The summed E-state index contributed by atoms with van der Waals surface area (Å²) in [6, 6.07) is 2.00. The Hall–Kier alpha value is -1.36. The summed E-state index contributed by atoms with van der Waals surface area (Å²) >= 11 is 0. The van der Waals surface area contributed by atoms with E-state index in [1.807, 2.05) is 13.0 Å². The number of hydrogen-bond donors (Lipinski definition) is 2.